The van der Waals surface area contributed by atoms with Crippen LogP contribution in [0, 0.1) is 5.41 Å². The average molecular weight is 287 g/mol. The molecule has 0 bridgehead atoms. The quantitative estimate of drug-likeness (QED) is 0.646. The largest absolute Gasteiger partial charge is 0.480 e. The molecule has 120 valence electrons. The number of aliphatic carboxylic acids is 1. The van der Waals surface area contributed by atoms with Crippen LogP contribution in [0.2, 0.25) is 0 Å². The second-order valence-electron chi connectivity index (χ2n) is 6.96. The molecule has 0 saturated heterocycles. The molecule has 0 spiro atoms. The lowest BCUT2D eigenvalue weighted by atomic mass is 9.75. The normalized spacial score (nSPS) is 15.9. The minimum absolute atomic E-state index is 0.256. The van der Waals surface area contributed by atoms with E-state index in [0.29, 0.717) is 6.42 Å². The first-order chi connectivity index (χ1) is 9.09. The number of hydrogen-bond acceptors (Lipinski definition) is 3. The first-order valence-electron chi connectivity index (χ1n) is 7.63. The van der Waals surface area contributed by atoms with E-state index in [0.717, 1.165) is 19.3 Å². The summed E-state index contributed by atoms with van der Waals surface area (Å²) in [5.41, 5.74) is -0.710. The Morgan fingerprint density at radius 1 is 1.25 bits per heavy atom. The summed E-state index contributed by atoms with van der Waals surface area (Å²) < 4.78 is 5.46. The molecule has 0 aliphatic carbocycles. The molecule has 0 amide bonds. The van der Waals surface area contributed by atoms with E-state index in [-0.39, 0.29) is 17.1 Å². The van der Waals surface area contributed by atoms with Gasteiger partial charge in [-0.2, -0.15) is 0 Å². The van der Waals surface area contributed by atoms with Gasteiger partial charge < -0.3 is 15.2 Å². The smallest absolute Gasteiger partial charge is 0.321 e. The van der Waals surface area contributed by atoms with E-state index in [1.807, 2.05) is 27.7 Å². The van der Waals surface area contributed by atoms with Gasteiger partial charge in [0.25, 0.3) is 0 Å². The van der Waals surface area contributed by atoms with Crippen LogP contribution in [0.25, 0.3) is 0 Å². The third-order valence-corrected chi connectivity index (χ3v) is 3.99. The van der Waals surface area contributed by atoms with Crippen molar-refractivity contribution in [2.75, 3.05) is 7.11 Å². The van der Waals surface area contributed by atoms with E-state index < -0.39 is 12.0 Å². The third-order valence-electron chi connectivity index (χ3n) is 3.99. The van der Waals surface area contributed by atoms with Crippen LogP contribution < -0.4 is 5.32 Å². The SMILES string of the molecule is CCCC(CC)NC(C(=O)O)C(C)(C)CC(C)(C)OC. The first-order valence-corrected chi connectivity index (χ1v) is 7.63. The fourth-order valence-electron chi connectivity index (χ4n) is 2.89. The number of ether oxygens (including phenoxy) is 1. The molecule has 0 aliphatic rings. The summed E-state index contributed by atoms with van der Waals surface area (Å²) in [6, 6.07) is -0.306. The molecule has 0 saturated carbocycles. The number of hydrogen-bond donors (Lipinski definition) is 2. The van der Waals surface area contributed by atoms with Crippen molar-refractivity contribution in [1.82, 2.24) is 5.32 Å². The highest BCUT2D eigenvalue weighted by Gasteiger charge is 2.40. The molecule has 0 aromatic heterocycles. The van der Waals surface area contributed by atoms with Crippen molar-refractivity contribution in [3.8, 4) is 0 Å². The second-order valence-corrected chi connectivity index (χ2v) is 6.96. The Morgan fingerprint density at radius 3 is 2.15 bits per heavy atom. The Hall–Kier alpha value is -0.610. The van der Waals surface area contributed by atoms with Gasteiger partial charge in [0.05, 0.1) is 5.60 Å². The van der Waals surface area contributed by atoms with E-state index in [1.165, 1.54) is 0 Å². The summed E-state index contributed by atoms with van der Waals surface area (Å²) in [7, 11) is 1.67. The predicted octanol–water partition coefficient (Wildman–Crippen LogP) is 3.45. The highest BCUT2D eigenvalue weighted by Crippen LogP contribution is 2.33. The van der Waals surface area contributed by atoms with Crippen LogP contribution >= 0.6 is 0 Å². The molecule has 4 nitrogen and oxygen atoms in total. The van der Waals surface area contributed by atoms with Gasteiger partial charge in [-0.05, 0) is 38.5 Å². The van der Waals surface area contributed by atoms with Crippen LogP contribution in [0.1, 0.15) is 67.2 Å². The molecule has 4 heteroatoms. The van der Waals surface area contributed by atoms with Crippen LogP contribution in [0.4, 0.5) is 0 Å². The predicted molar refractivity (Wildman–Crippen MR) is 83.0 cm³/mol. The molecule has 0 aliphatic heterocycles. The summed E-state index contributed by atoms with van der Waals surface area (Å²) in [6.07, 6.45) is 3.69. The lowest BCUT2D eigenvalue weighted by Crippen LogP contribution is -2.53. The van der Waals surface area contributed by atoms with Crippen LogP contribution in [0.5, 0.6) is 0 Å². The van der Waals surface area contributed by atoms with Gasteiger partial charge in [0.15, 0.2) is 0 Å². The standard InChI is InChI=1S/C16H33NO3/c1-8-10-12(9-2)17-13(14(18)19)15(3,4)11-16(5,6)20-7/h12-13,17H,8-11H2,1-7H3,(H,18,19). The fraction of sp³-hybridized carbons (Fsp3) is 0.938. The van der Waals surface area contributed by atoms with Crippen LogP contribution in [-0.2, 0) is 9.53 Å². The summed E-state index contributed by atoms with van der Waals surface area (Å²) in [4.78, 5) is 11.7. The van der Waals surface area contributed by atoms with Crippen molar-refractivity contribution in [3.05, 3.63) is 0 Å². The fourth-order valence-corrected chi connectivity index (χ4v) is 2.89. The molecule has 0 heterocycles. The molecule has 0 fully saturated rings. The van der Waals surface area contributed by atoms with Crippen molar-refractivity contribution in [3.63, 3.8) is 0 Å². The zero-order valence-corrected chi connectivity index (χ0v) is 14.2. The monoisotopic (exact) mass is 287 g/mol. The highest BCUT2D eigenvalue weighted by atomic mass is 16.5. The highest BCUT2D eigenvalue weighted by molar-refractivity contribution is 5.74. The van der Waals surface area contributed by atoms with E-state index >= 15 is 0 Å². The molecule has 0 aromatic rings. The number of methoxy groups -OCH3 is 1. The van der Waals surface area contributed by atoms with E-state index in [1.54, 1.807) is 7.11 Å². The topological polar surface area (TPSA) is 58.6 Å². The van der Waals surface area contributed by atoms with E-state index in [2.05, 4.69) is 19.2 Å². The van der Waals surface area contributed by atoms with Crippen molar-refractivity contribution < 1.29 is 14.6 Å². The zero-order chi connectivity index (χ0) is 16.0. The lowest BCUT2D eigenvalue weighted by Gasteiger charge is -2.39. The Morgan fingerprint density at radius 2 is 1.80 bits per heavy atom. The summed E-state index contributed by atoms with van der Waals surface area (Å²) in [5, 5.41) is 12.9. The molecule has 0 aromatic carbocycles. The maximum absolute atomic E-state index is 11.7. The van der Waals surface area contributed by atoms with Gasteiger partial charge in [0.2, 0.25) is 0 Å². The van der Waals surface area contributed by atoms with Gasteiger partial charge in [0, 0.05) is 13.2 Å². The van der Waals surface area contributed by atoms with Crippen molar-refractivity contribution in [2.24, 2.45) is 5.41 Å². The lowest BCUT2D eigenvalue weighted by molar-refractivity contribution is -0.144. The maximum atomic E-state index is 11.7. The molecular weight excluding hydrogens is 254 g/mol. The van der Waals surface area contributed by atoms with E-state index in [9.17, 15) is 9.90 Å². The summed E-state index contributed by atoms with van der Waals surface area (Å²) >= 11 is 0. The minimum atomic E-state index is -0.781. The molecule has 2 unspecified atom stereocenters. The molecule has 20 heavy (non-hydrogen) atoms. The second kappa shape index (κ2) is 7.99. The molecule has 2 atom stereocenters. The van der Waals surface area contributed by atoms with Crippen LogP contribution in [0.3, 0.4) is 0 Å². The Balaban J connectivity index is 5.01. The van der Waals surface area contributed by atoms with Crippen molar-refractivity contribution in [1.29, 1.82) is 0 Å². The maximum Gasteiger partial charge on any atom is 0.321 e. The minimum Gasteiger partial charge on any atom is -0.480 e. The summed E-state index contributed by atoms with van der Waals surface area (Å²) in [5.74, 6) is -0.781. The first kappa shape index (κ1) is 19.4. The van der Waals surface area contributed by atoms with Crippen molar-refractivity contribution >= 4 is 5.97 Å². The Kier molecular flexibility index (Phi) is 7.74. The number of carbonyl (C=O) groups is 1. The number of nitrogens with one attached hydrogen (secondary N) is 1. The zero-order valence-electron chi connectivity index (χ0n) is 14.2. The van der Waals surface area contributed by atoms with Gasteiger partial charge in [-0.3, -0.25) is 4.79 Å². The van der Waals surface area contributed by atoms with Gasteiger partial charge in [-0.1, -0.05) is 34.1 Å². The van der Waals surface area contributed by atoms with Gasteiger partial charge in [-0.25, -0.2) is 0 Å². The third kappa shape index (κ3) is 6.23. The summed E-state index contributed by atoms with van der Waals surface area (Å²) in [6.45, 7) is 12.2. The Bertz CT molecular complexity index is 300. The number of carboxylic acid groups (broad SMARTS) is 1. The van der Waals surface area contributed by atoms with E-state index in [4.69, 9.17) is 4.74 Å². The Labute approximate surface area is 124 Å². The van der Waals surface area contributed by atoms with Crippen LogP contribution in [0.15, 0.2) is 0 Å². The molecule has 0 radical (unpaired) electrons. The van der Waals surface area contributed by atoms with Crippen molar-refractivity contribution in [2.45, 2.75) is 84.9 Å². The van der Waals surface area contributed by atoms with Gasteiger partial charge in [-0.15, -0.1) is 0 Å². The molecule has 2 N–H and O–H groups in total. The molecular formula is C16H33NO3. The number of rotatable bonds is 10. The van der Waals surface area contributed by atoms with Gasteiger partial charge >= 0.3 is 5.97 Å². The van der Waals surface area contributed by atoms with Gasteiger partial charge in [0.1, 0.15) is 6.04 Å². The number of carboxylic acids is 1. The molecule has 0 rings (SSSR count). The van der Waals surface area contributed by atoms with Crippen LogP contribution in [-0.4, -0.2) is 35.9 Å². The average Bonchev–Trinajstić information content (AvgIpc) is 2.32.